The molecule has 0 aliphatic carbocycles. The summed E-state index contributed by atoms with van der Waals surface area (Å²) in [5, 5.41) is 0. The van der Waals surface area contributed by atoms with Gasteiger partial charge >= 0.3 is 0 Å². The lowest BCUT2D eigenvalue weighted by molar-refractivity contribution is 0.320. The SMILES string of the molecule is CNS(=O)(=O)c1ccc(S(=O)(=O)N2CCC(N)CC2)cc1. The van der Waals surface area contributed by atoms with E-state index >= 15 is 0 Å². The van der Waals surface area contributed by atoms with Crippen LogP contribution in [0.3, 0.4) is 0 Å². The highest BCUT2D eigenvalue weighted by atomic mass is 32.2. The Morgan fingerprint density at radius 2 is 1.52 bits per heavy atom. The number of nitrogens with two attached hydrogens (primary N) is 1. The second-order valence-corrected chi connectivity index (χ2v) is 8.74. The van der Waals surface area contributed by atoms with Gasteiger partial charge in [-0.3, -0.25) is 0 Å². The van der Waals surface area contributed by atoms with Crippen LogP contribution in [0.25, 0.3) is 0 Å². The fourth-order valence-electron chi connectivity index (χ4n) is 2.17. The molecular weight excluding hydrogens is 314 g/mol. The molecule has 1 fully saturated rings. The average Bonchev–Trinajstić information content (AvgIpc) is 2.48. The highest BCUT2D eigenvalue weighted by Crippen LogP contribution is 2.21. The summed E-state index contributed by atoms with van der Waals surface area (Å²) >= 11 is 0. The summed E-state index contributed by atoms with van der Waals surface area (Å²) in [6, 6.07) is 5.24. The Morgan fingerprint density at radius 3 is 2.00 bits per heavy atom. The summed E-state index contributed by atoms with van der Waals surface area (Å²) in [6.45, 7) is 0.778. The molecule has 0 saturated carbocycles. The first-order valence-corrected chi connectivity index (χ1v) is 9.49. The number of nitrogens with zero attached hydrogens (tertiary/aromatic N) is 1. The molecule has 21 heavy (non-hydrogen) atoms. The molecule has 0 unspecified atom stereocenters. The molecule has 9 heteroatoms. The zero-order valence-corrected chi connectivity index (χ0v) is 13.3. The molecule has 0 spiro atoms. The Hall–Kier alpha value is -1.00. The van der Waals surface area contributed by atoms with Crippen molar-refractivity contribution in [1.82, 2.24) is 9.03 Å². The highest BCUT2D eigenvalue weighted by Gasteiger charge is 2.28. The van der Waals surface area contributed by atoms with E-state index in [-0.39, 0.29) is 15.8 Å². The molecule has 0 bridgehead atoms. The molecule has 0 aromatic heterocycles. The summed E-state index contributed by atoms with van der Waals surface area (Å²) in [5.74, 6) is 0. The van der Waals surface area contributed by atoms with Gasteiger partial charge in [-0.25, -0.2) is 21.6 Å². The van der Waals surface area contributed by atoms with Gasteiger partial charge in [0.2, 0.25) is 20.0 Å². The van der Waals surface area contributed by atoms with Crippen molar-refractivity contribution in [2.75, 3.05) is 20.1 Å². The van der Waals surface area contributed by atoms with Crippen LogP contribution in [0, 0.1) is 0 Å². The lowest BCUT2D eigenvalue weighted by Crippen LogP contribution is -2.42. The van der Waals surface area contributed by atoms with E-state index in [0.29, 0.717) is 25.9 Å². The first kappa shape index (κ1) is 16.4. The van der Waals surface area contributed by atoms with Crippen LogP contribution in [0.15, 0.2) is 34.1 Å². The zero-order valence-electron chi connectivity index (χ0n) is 11.7. The number of rotatable bonds is 4. The molecule has 1 aromatic carbocycles. The van der Waals surface area contributed by atoms with Gasteiger partial charge in [-0.1, -0.05) is 0 Å². The molecule has 0 atom stereocenters. The fraction of sp³-hybridized carbons (Fsp3) is 0.500. The minimum atomic E-state index is -3.59. The molecule has 7 nitrogen and oxygen atoms in total. The zero-order chi connectivity index (χ0) is 15.7. The first-order chi connectivity index (χ1) is 9.77. The van der Waals surface area contributed by atoms with Gasteiger partial charge in [0.15, 0.2) is 0 Å². The maximum atomic E-state index is 12.4. The van der Waals surface area contributed by atoms with Gasteiger partial charge in [-0.05, 0) is 44.2 Å². The number of hydrogen-bond donors (Lipinski definition) is 2. The van der Waals surface area contributed by atoms with Crippen molar-refractivity contribution in [2.45, 2.75) is 28.7 Å². The Kier molecular flexibility index (Phi) is 4.69. The van der Waals surface area contributed by atoms with Gasteiger partial charge < -0.3 is 5.73 Å². The Labute approximate surface area is 125 Å². The average molecular weight is 333 g/mol. The molecule has 0 amide bonds. The molecule has 1 aliphatic rings. The quantitative estimate of drug-likeness (QED) is 0.786. The van der Waals surface area contributed by atoms with Crippen LogP contribution in [0.2, 0.25) is 0 Å². The van der Waals surface area contributed by atoms with Crippen LogP contribution in [-0.4, -0.2) is 47.3 Å². The summed E-state index contributed by atoms with van der Waals surface area (Å²) < 4.78 is 51.7. The van der Waals surface area contributed by atoms with E-state index in [1.54, 1.807) is 0 Å². The lowest BCUT2D eigenvalue weighted by Gasteiger charge is -2.29. The van der Waals surface area contributed by atoms with Gasteiger partial charge in [0.1, 0.15) is 0 Å². The Balaban J connectivity index is 2.26. The maximum Gasteiger partial charge on any atom is 0.243 e. The van der Waals surface area contributed by atoms with Gasteiger partial charge in [-0.2, -0.15) is 4.31 Å². The minimum absolute atomic E-state index is 0.0321. The molecule has 1 saturated heterocycles. The Bertz CT molecular complexity index is 691. The number of sulfonamides is 2. The molecule has 1 aromatic rings. The normalized spacial score (nSPS) is 18.8. The van der Waals surface area contributed by atoms with Crippen molar-refractivity contribution in [3.63, 3.8) is 0 Å². The van der Waals surface area contributed by atoms with Crippen LogP contribution >= 0.6 is 0 Å². The third-order valence-electron chi connectivity index (χ3n) is 3.54. The van der Waals surface area contributed by atoms with Crippen molar-refractivity contribution in [2.24, 2.45) is 5.73 Å². The second-order valence-electron chi connectivity index (χ2n) is 4.92. The van der Waals surface area contributed by atoms with Crippen molar-refractivity contribution in [1.29, 1.82) is 0 Å². The van der Waals surface area contributed by atoms with Crippen molar-refractivity contribution < 1.29 is 16.8 Å². The van der Waals surface area contributed by atoms with E-state index in [0.717, 1.165) is 0 Å². The van der Waals surface area contributed by atoms with Crippen LogP contribution in [-0.2, 0) is 20.0 Å². The van der Waals surface area contributed by atoms with E-state index in [1.165, 1.54) is 35.6 Å². The molecule has 118 valence electrons. The summed E-state index contributed by atoms with van der Waals surface area (Å²) in [4.78, 5) is 0.123. The van der Waals surface area contributed by atoms with Gasteiger partial charge in [0.05, 0.1) is 9.79 Å². The molecular formula is C12H19N3O4S2. The largest absolute Gasteiger partial charge is 0.328 e. The van der Waals surface area contributed by atoms with Crippen molar-refractivity contribution in [3.05, 3.63) is 24.3 Å². The highest BCUT2D eigenvalue weighted by molar-refractivity contribution is 7.89. The predicted molar refractivity (Wildman–Crippen MR) is 78.7 cm³/mol. The van der Waals surface area contributed by atoms with Gasteiger partial charge in [0.25, 0.3) is 0 Å². The number of nitrogens with one attached hydrogen (secondary N) is 1. The van der Waals surface area contributed by atoms with E-state index in [9.17, 15) is 16.8 Å². The van der Waals surface area contributed by atoms with Crippen LogP contribution in [0.5, 0.6) is 0 Å². The summed E-state index contributed by atoms with van der Waals surface area (Å²) in [5.41, 5.74) is 5.77. The first-order valence-electron chi connectivity index (χ1n) is 6.57. The number of benzene rings is 1. The third-order valence-corrected chi connectivity index (χ3v) is 6.88. The topological polar surface area (TPSA) is 110 Å². The number of piperidine rings is 1. The van der Waals surface area contributed by atoms with E-state index in [4.69, 9.17) is 5.73 Å². The van der Waals surface area contributed by atoms with E-state index < -0.39 is 20.0 Å². The van der Waals surface area contributed by atoms with Crippen LogP contribution in [0.1, 0.15) is 12.8 Å². The van der Waals surface area contributed by atoms with Crippen LogP contribution in [0.4, 0.5) is 0 Å². The molecule has 2 rings (SSSR count). The van der Waals surface area contributed by atoms with Gasteiger partial charge in [0, 0.05) is 19.1 Å². The second kappa shape index (κ2) is 6.01. The summed E-state index contributed by atoms with van der Waals surface area (Å²) in [6.07, 6.45) is 1.26. The summed E-state index contributed by atoms with van der Waals surface area (Å²) in [7, 11) is -5.86. The van der Waals surface area contributed by atoms with E-state index in [2.05, 4.69) is 4.72 Å². The maximum absolute atomic E-state index is 12.4. The van der Waals surface area contributed by atoms with Gasteiger partial charge in [-0.15, -0.1) is 0 Å². The third kappa shape index (κ3) is 3.43. The lowest BCUT2D eigenvalue weighted by atomic mass is 10.1. The van der Waals surface area contributed by atoms with E-state index in [1.807, 2.05) is 0 Å². The predicted octanol–water partition coefficient (Wildman–Crippen LogP) is -0.293. The van der Waals surface area contributed by atoms with Crippen molar-refractivity contribution >= 4 is 20.0 Å². The Morgan fingerprint density at radius 1 is 1.05 bits per heavy atom. The van der Waals surface area contributed by atoms with Crippen molar-refractivity contribution in [3.8, 4) is 0 Å². The minimum Gasteiger partial charge on any atom is -0.328 e. The fourth-order valence-corrected chi connectivity index (χ4v) is 4.37. The standard InChI is InChI=1S/C12H19N3O4S2/c1-14-20(16,17)11-2-4-12(5-3-11)21(18,19)15-8-6-10(13)7-9-15/h2-5,10,14H,6-9,13H2,1H3. The molecule has 0 radical (unpaired) electrons. The number of hydrogen-bond acceptors (Lipinski definition) is 5. The molecule has 3 N–H and O–H groups in total. The monoisotopic (exact) mass is 333 g/mol. The molecule has 1 aliphatic heterocycles. The smallest absolute Gasteiger partial charge is 0.243 e. The van der Waals surface area contributed by atoms with Crippen LogP contribution < -0.4 is 10.5 Å². The molecule has 1 heterocycles.